The zero-order valence-electron chi connectivity index (χ0n) is 22.5. The number of ether oxygens (including phenoxy) is 1. The Bertz CT molecular complexity index is 1450. The van der Waals surface area contributed by atoms with E-state index in [1.165, 1.54) is 17.0 Å². The summed E-state index contributed by atoms with van der Waals surface area (Å²) in [6.07, 6.45) is -0.536. The lowest BCUT2D eigenvalue weighted by Crippen LogP contribution is -2.35. The first-order valence-corrected chi connectivity index (χ1v) is 13.7. The summed E-state index contributed by atoms with van der Waals surface area (Å²) in [7, 11) is -1.02. The van der Waals surface area contributed by atoms with Gasteiger partial charge in [0.2, 0.25) is 0 Å². The van der Waals surface area contributed by atoms with Crippen LogP contribution in [-0.4, -0.2) is 58.1 Å². The van der Waals surface area contributed by atoms with Crippen molar-refractivity contribution in [2.75, 3.05) is 37.2 Å². The van der Waals surface area contributed by atoms with E-state index in [4.69, 9.17) is 4.74 Å². The molecule has 0 spiro atoms. The molecule has 3 N–H and O–H groups in total. The quantitative estimate of drug-likeness (QED) is 0.322. The monoisotopic (exact) mass is 556 g/mol. The van der Waals surface area contributed by atoms with Crippen LogP contribution in [0.5, 0.6) is 0 Å². The maximum absolute atomic E-state index is 14.7. The summed E-state index contributed by atoms with van der Waals surface area (Å²) in [5, 5.41) is 5.71. The van der Waals surface area contributed by atoms with E-state index in [2.05, 4.69) is 15.4 Å². The Hall–Kier alpha value is -4.12. The van der Waals surface area contributed by atoms with Crippen LogP contribution in [0.15, 0.2) is 71.6 Å². The molecular formula is C28H33FN4O5S. The van der Waals surface area contributed by atoms with Crippen molar-refractivity contribution in [2.45, 2.75) is 31.3 Å². The lowest BCUT2D eigenvalue weighted by Gasteiger charge is -2.19. The Balaban J connectivity index is 1.72. The van der Waals surface area contributed by atoms with Crippen LogP contribution >= 0.6 is 0 Å². The Morgan fingerprint density at radius 1 is 0.897 bits per heavy atom. The number of nitrogens with zero attached hydrogens (tertiary/aromatic N) is 1. The molecule has 0 bridgehead atoms. The molecule has 0 fully saturated rings. The number of hydrogen-bond acceptors (Lipinski definition) is 6. The third-order valence-electron chi connectivity index (χ3n) is 5.31. The van der Waals surface area contributed by atoms with Gasteiger partial charge in [0, 0.05) is 38.4 Å². The van der Waals surface area contributed by atoms with Crippen LogP contribution in [-0.2, 0) is 14.8 Å². The molecule has 0 heterocycles. The minimum Gasteiger partial charge on any atom is -0.444 e. The van der Waals surface area contributed by atoms with E-state index in [1.807, 2.05) is 0 Å². The molecule has 0 aliphatic heterocycles. The lowest BCUT2D eigenvalue weighted by atomic mass is 10.0. The summed E-state index contributed by atoms with van der Waals surface area (Å²) < 4.78 is 48.6. The van der Waals surface area contributed by atoms with Crippen LogP contribution in [0.25, 0.3) is 11.1 Å². The van der Waals surface area contributed by atoms with Gasteiger partial charge in [-0.25, -0.2) is 17.6 Å². The average molecular weight is 557 g/mol. The number of benzene rings is 3. The van der Waals surface area contributed by atoms with E-state index in [0.29, 0.717) is 28.9 Å². The molecule has 39 heavy (non-hydrogen) atoms. The highest BCUT2D eigenvalue weighted by Gasteiger charge is 2.21. The number of anilines is 2. The highest BCUT2D eigenvalue weighted by Crippen LogP contribution is 2.27. The second-order valence-corrected chi connectivity index (χ2v) is 11.6. The van der Waals surface area contributed by atoms with Crippen molar-refractivity contribution in [3.63, 3.8) is 0 Å². The normalized spacial score (nSPS) is 11.4. The standard InChI is InChI=1S/C28H33FN4O5S/c1-28(2,3)38-27(35)31-15-14-30-22-10-7-11-23(18-22)32-39(36,37)25-17-20(12-13-24(25)29)19-8-6-9-21(16-19)26(34)33(4)5/h6-13,16-18,30,32H,14-15H2,1-5H3,(H,31,35). The number of rotatable bonds is 9. The maximum atomic E-state index is 14.7. The van der Waals surface area contributed by atoms with Crippen molar-refractivity contribution in [1.29, 1.82) is 0 Å². The van der Waals surface area contributed by atoms with Gasteiger partial charge < -0.3 is 20.3 Å². The average Bonchev–Trinajstić information content (AvgIpc) is 2.85. The molecule has 3 aromatic rings. The van der Waals surface area contributed by atoms with E-state index < -0.39 is 32.4 Å². The third kappa shape index (κ3) is 8.44. The van der Waals surface area contributed by atoms with Crippen LogP contribution in [0.4, 0.5) is 20.6 Å². The van der Waals surface area contributed by atoms with Crippen LogP contribution in [0.2, 0.25) is 0 Å². The van der Waals surface area contributed by atoms with E-state index in [0.717, 1.165) is 6.07 Å². The maximum Gasteiger partial charge on any atom is 0.407 e. The number of alkyl carbamates (subject to hydrolysis) is 1. The van der Waals surface area contributed by atoms with Gasteiger partial charge in [-0.3, -0.25) is 9.52 Å². The van der Waals surface area contributed by atoms with Gasteiger partial charge >= 0.3 is 6.09 Å². The molecule has 208 valence electrons. The van der Waals surface area contributed by atoms with E-state index >= 15 is 0 Å². The van der Waals surface area contributed by atoms with Gasteiger partial charge in [0.05, 0.1) is 5.69 Å². The number of amides is 2. The largest absolute Gasteiger partial charge is 0.444 e. The van der Waals surface area contributed by atoms with E-state index in [-0.39, 0.29) is 18.1 Å². The highest BCUT2D eigenvalue weighted by molar-refractivity contribution is 7.92. The Labute approximate surface area is 228 Å². The van der Waals surface area contributed by atoms with Crippen molar-refractivity contribution < 1.29 is 27.1 Å². The van der Waals surface area contributed by atoms with Crippen LogP contribution in [0.3, 0.4) is 0 Å². The van der Waals surface area contributed by atoms with E-state index in [1.54, 1.807) is 83.4 Å². The zero-order chi connectivity index (χ0) is 28.8. The van der Waals surface area contributed by atoms with Gasteiger partial charge in [0.25, 0.3) is 15.9 Å². The molecule has 9 nitrogen and oxygen atoms in total. The van der Waals surface area contributed by atoms with Gasteiger partial charge in [-0.1, -0.05) is 24.3 Å². The molecule has 0 aromatic heterocycles. The molecule has 0 radical (unpaired) electrons. The SMILES string of the molecule is CN(C)C(=O)c1cccc(-c2ccc(F)c(S(=O)(=O)Nc3cccc(NCCNC(=O)OC(C)(C)C)c3)c2)c1. The molecule has 0 unspecified atom stereocenters. The summed E-state index contributed by atoms with van der Waals surface area (Å²) in [6.45, 7) is 5.95. The second kappa shape index (κ2) is 12.2. The second-order valence-electron chi connectivity index (χ2n) is 9.97. The van der Waals surface area contributed by atoms with Crippen LogP contribution in [0.1, 0.15) is 31.1 Å². The molecule has 0 atom stereocenters. The Morgan fingerprint density at radius 3 is 2.26 bits per heavy atom. The summed E-state index contributed by atoms with van der Waals surface area (Å²) in [6, 6.07) is 16.9. The van der Waals surface area contributed by atoms with Crippen molar-refractivity contribution >= 4 is 33.4 Å². The minimum absolute atomic E-state index is 0.206. The molecule has 2 amide bonds. The first-order valence-electron chi connectivity index (χ1n) is 12.2. The molecule has 3 aromatic carbocycles. The van der Waals surface area contributed by atoms with Gasteiger partial charge in [-0.2, -0.15) is 0 Å². The first kappa shape index (κ1) is 29.4. The third-order valence-corrected chi connectivity index (χ3v) is 6.70. The fraction of sp³-hybridized carbons (Fsp3) is 0.286. The first-order chi connectivity index (χ1) is 18.2. The Morgan fingerprint density at radius 2 is 1.56 bits per heavy atom. The predicted molar refractivity (Wildman–Crippen MR) is 150 cm³/mol. The molecule has 0 saturated heterocycles. The Kier molecular flexibility index (Phi) is 9.18. The van der Waals surface area contributed by atoms with Crippen molar-refractivity contribution in [1.82, 2.24) is 10.2 Å². The molecule has 0 aliphatic rings. The van der Waals surface area contributed by atoms with Gasteiger partial charge in [-0.05, 0) is 74.4 Å². The number of halogens is 1. The summed E-state index contributed by atoms with van der Waals surface area (Å²) in [5.41, 5.74) is 1.66. The molecular weight excluding hydrogens is 523 g/mol. The summed E-state index contributed by atoms with van der Waals surface area (Å²) >= 11 is 0. The fourth-order valence-corrected chi connectivity index (χ4v) is 4.72. The van der Waals surface area contributed by atoms with Crippen LogP contribution in [0, 0.1) is 5.82 Å². The topological polar surface area (TPSA) is 117 Å². The molecule has 3 rings (SSSR count). The number of sulfonamides is 1. The minimum atomic E-state index is -4.29. The fourth-order valence-electron chi connectivity index (χ4n) is 3.57. The lowest BCUT2D eigenvalue weighted by molar-refractivity contribution is 0.0529. The molecule has 0 saturated carbocycles. The number of carbonyl (C=O) groups excluding carboxylic acids is 2. The van der Waals surface area contributed by atoms with Crippen LogP contribution < -0.4 is 15.4 Å². The predicted octanol–water partition coefficient (Wildman–Crippen LogP) is 4.93. The number of carbonyl (C=O) groups is 2. The zero-order valence-corrected chi connectivity index (χ0v) is 23.4. The van der Waals surface area contributed by atoms with Crippen molar-refractivity contribution in [2.24, 2.45) is 0 Å². The van der Waals surface area contributed by atoms with Gasteiger partial charge in [0.1, 0.15) is 16.3 Å². The number of hydrogen-bond donors (Lipinski definition) is 3. The summed E-state index contributed by atoms with van der Waals surface area (Å²) in [4.78, 5) is 25.0. The number of nitrogens with one attached hydrogen (secondary N) is 3. The molecule has 11 heteroatoms. The highest BCUT2D eigenvalue weighted by atomic mass is 32.2. The van der Waals surface area contributed by atoms with Crippen molar-refractivity contribution in [3.05, 3.63) is 78.1 Å². The van der Waals surface area contributed by atoms with Crippen molar-refractivity contribution in [3.8, 4) is 11.1 Å². The van der Waals surface area contributed by atoms with Gasteiger partial charge in [0.15, 0.2) is 0 Å². The molecule has 0 aliphatic carbocycles. The smallest absolute Gasteiger partial charge is 0.407 e. The van der Waals surface area contributed by atoms with Gasteiger partial charge in [-0.15, -0.1) is 0 Å². The van der Waals surface area contributed by atoms with E-state index in [9.17, 15) is 22.4 Å². The summed E-state index contributed by atoms with van der Waals surface area (Å²) in [5.74, 6) is -1.11.